The zero-order chi connectivity index (χ0) is 16.7. The molecule has 2 rings (SSSR count). The maximum Gasteiger partial charge on any atom is 0.220 e. The highest BCUT2D eigenvalue weighted by atomic mass is 16.5. The van der Waals surface area contributed by atoms with Crippen molar-refractivity contribution in [1.82, 2.24) is 10.3 Å². The minimum atomic E-state index is -0.00303. The van der Waals surface area contributed by atoms with Crippen molar-refractivity contribution in [2.45, 2.75) is 39.3 Å². The molecule has 5 heteroatoms. The maximum absolute atomic E-state index is 11.9. The van der Waals surface area contributed by atoms with Crippen LogP contribution < -0.4 is 15.8 Å². The number of pyridine rings is 1. The number of benzene rings is 1. The predicted molar refractivity (Wildman–Crippen MR) is 91.0 cm³/mol. The van der Waals surface area contributed by atoms with E-state index in [1.165, 1.54) is 0 Å². The highest BCUT2D eigenvalue weighted by molar-refractivity contribution is 5.76. The molecule has 2 aromatic rings. The largest absolute Gasteiger partial charge is 0.489 e. The number of hydrogen-bond donors (Lipinski definition) is 2. The molecule has 122 valence electrons. The second-order valence-electron chi connectivity index (χ2n) is 5.64. The van der Waals surface area contributed by atoms with E-state index in [0.717, 1.165) is 11.3 Å². The lowest BCUT2D eigenvalue weighted by Gasteiger charge is -2.13. The number of aromatic nitrogens is 1. The van der Waals surface area contributed by atoms with E-state index >= 15 is 0 Å². The van der Waals surface area contributed by atoms with Crippen molar-refractivity contribution in [1.29, 1.82) is 0 Å². The van der Waals surface area contributed by atoms with Crippen molar-refractivity contribution in [3.05, 3.63) is 53.9 Å². The molecule has 5 nitrogen and oxygen atoms in total. The quantitative estimate of drug-likeness (QED) is 0.771. The number of carbonyl (C=O) groups excluding carboxylic acids is 1. The van der Waals surface area contributed by atoms with E-state index in [4.69, 9.17) is 10.5 Å². The molecule has 23 heavy (non-hydrogen) atoms. The number of rotatable bonds is 7. The summed E-state index contributed by atoms with van der Waals surface area (Å²) in [6, 6.07) is 11.3. The van der Waals surface area contributed by atoms with Gasteiger partial charge in [0.2, 0.25) is 5.91 Å². The highest BCUT2D eigenvalue weighted by Gasteiger charge is 2.07. The van der Waals surface area contributed by atoms with Crippen LogP contribution in [0.4, 0.5) is 5.69 Å². The molecule has 1 aromatic carbocycles. The lowest BCUT2D eigenvalue weighted by molar-refractivity contribution is -0.121. The summed E-state index contributed by atoms with van der Waals surface area (Å²) in [6.07, 6.45) is 2.85. The van der Waals surface area contributed by atoms with Gasteiger partial charge in [-0.15, -0.1) is 0 Å². The molecule has 0 aliphatic carbocycles. The number of carbonyl (C=O) groups is 1. The molecule has 0 aliphatic rings. The van der Waals surface area contributed by atoms with Crippen molar-refractivity contribution in [2.24, 2.45) is 0 Å². The Kier molecular flexibility index (Phi) is 5.97. The lowest BCUT2D eigenvalue weighted by atomic mass is 10.1. The number of anilines is 1. The van der Waals surface area contributed by atoms with Gasteiger partial charge in [0.1, 0.15) is 5.75 Å². The summed E-state index contributed by atoms with van der Waals surface area (Å²) in [4.78, 5) is 16.1. The molecular weight excluding hydrogens is 290 g/mol. The Hall–Kier alpha value is -2.56. The molecule has 0 bridgehead atoms. The first-order chi connectivity index (χ1) is 11.0. The molecule has 3 N–H and O–H groups in total. The predicted octanol–water partition coefficient (Wildman–Crippen LogP) is 2.70. The Bertz CT molecular complexity index is 642. The van der Waals surface area contributed by atoms with Crippen LogP contribution in [0, 0.1) is 0 Å². The molecule has 0 saturated carbocycles. The summed E-state index contributed by atoms with van der Waals surface area (Å²) in [5, 5.41) is 2.86. The van der Waals surface area contributed by atoms with E-state index in [1.807, 2.05) is 50.2 Å². The number of nitrogens with zero attached hydrogens (tertiary/aromatic N) is 1. The van der Waals surface area contributed by atoms with E-state index in [2.05, 4.69) is 10.3 Å². The number of amides is 1. The minimum absolute atomic E-state index is 0.00303. The molecule has 0 unspecified atom stereocenters. The van der Waals surface area contributed by atoms with Crippen molar-refractivity contribution < 1.29 is 9.53 Å². The van der Waals surface area contributed by atoms with E-state index in [9.17, 15) is 4.79 Å². The summed E-state index contributed by atoms with van der Waals surface area (Å²) in [5.41, 5.74) is 8.45. The van der Waals surface area contributed by atoms with Crippen molar-refractivity contribution in [3.8, 4) is 5.75 Å². The zero-order valence-corrected chi connectivity index (χ0v) is 13.6. The van der Waals surface area contributed by atoms with Gasteiger partial charge in [0.05, 0.1) is 24.0 Å². The Morgan fingerprint density at radius 3 is 2.78 bits per heavy atom. The summed E-state index contributed by atoms with van der Waals surface area (Å²) in [5.74, 6) is 0.681. The maximum atomic E-state index is 11.9. The first-order valence-electron chi connectivity index (χ1n) is 7.76. The normalized spacial score (nSPS) is 10.6. The van der Waals surface area contributed by atoms with Crippen LogP contribution in [0.1, 0.15) is 31.5 Å². The molecular formula is C18H23N3O2. The molecule has 0 aliphatic heterocycles. The average molecular weight is 313 g/mol. The molecule has 0 radical (unpaired) electrons. The van der Waals surface area contributed by atoms with E-state index < -0.39 is 0 Å². The standard InChI is InChI=1S/C18H23N3O2/c1-13(2)23-17-8-6-14(11-16(17)19)7-9-18(22)21-12-15-5-3-4-10-20-15/h3-6,8,10-11,13H,7,9,12,19H2,1-2H3,(H,21,22). The van der Waals surface area contributed by atoms with Gasteiger partial charge in [0, 0.05) is 12.6 Å². The fourth-order valence-electron chi connectivity index (χ4n) is 2.15. The summed E-state index contributed by atoms with van der Waals surface area (Å²) in [7, 11) is 0. The third kappa shape index (κ3) is 5.62. The first kappa shape index (κ1) is 16.8. The summed E-state index contributed by atoms with van der Waals surface area (Å²) >= 11 is 0. The Morgan fingerprint density at radius 2 is 2.13 bits per heavy atom. The summed E-state index contributed by atoms with van der Waals surface area (Å²) < 4.78 is 5.60. The monoisotopic (exact) mass is 313 g/mol. The van der Waals surface area contributed by atoms with Crippen LogP contribution in [0.2, 0.25) is 0 Å². The van der Waals surface area contributed by atoms with Gasteiger partial charge in [0.15, 0.2) is 0 Å². The zero-order valence-electron chi connectivity index (χ0n) is 13.6. The second-order valence-corrected chi connectivity index (χ2v) is 5.64. The highest BCUT2D eigenvalue weighted by Crippen LogP contribution is 2.24. The average Bonchev–Trinajstić information content (AvgIpc) is 2.54. The molecule has 0 spiro atoms. The fourth-order valence-corrected chi connectivity index (χ4v) is 2.15. The van der Waals surface area contributed by atoms with Crippen LogP contribution in [-0.4, -0.2) is 17.0 Å². The Balaban J connectivity index is 1.81. The molecule has 1 heterocycles. The van der Waals surface area contributed by atoms with Crippen LogP contribution in [0.25, 0.3) is 0 Å². The number of aryl methyl sites for hydroxylation is 1. The topological polar surface area (TPSA) is 77.2 Å². The molecule has 0 fully saturated rings. The van der Waals surface area contributed by atoms with Gasteiger partial charge in [-0.2, -0.15) is 0 Å². The SMILES string of the molecule is CC(C)Oc1ccc(CCC(=O)NCc2ccccn2)cc1N. The van der Waals surface area contributed by atoms with Crippen molar-refractivity contribution in [2.75, 3.05) is 5.73 Å². The van der Waals surface area contributed by atoms with Gasteiger partial charge in [-0.05, 0) is 50.1 Å². The van der Waals surface area contributed by atoms with Crippen LogP contribution in [0.3, 0.4) is 0 Å². The lowest BCUT2D eigenvalue weighted by Crippen LogP contribution is -2.23. The van der Waals surface area contributed by atoms with Crippen LogP contribution in [-0.2, 0) is 17.8 Å². The van der Waals surface area contributed by atoms with Gasteiger partial charge >= 0.3 is 0 Å². The number of nitrogens with one attached hydrogen (secondary N) is 1. The number of nitrogen functional groups attached to an aromatic ring is 1. The molecule has 0 atom stereocenters. The fraction of sp³-hybridized carbons (Fsp3) is 0.333. The molecule has 1 aromatic heterocycles. The third-order valence-corrected chi connectivity index (χ3v) is 3.27. The smallest absolute Gasteiger partial charge is 0.220 e. The third-order valence-electron chi connectivity index (χ3n) is 3.27. The van der Waals surface area contributed by atoms with Gasteiger partial charge in [0.25, 0.3) is 0 Å². The van der Waals surface area contributed by atoms with E-state index in [-0.39, 0.29) is 12.0 Å². The number of hydrogen-bond acceptors (Lipinski definition) is 4. The molecule has 0 saturated heterocycles. The van der Waals surface area contributed by atoms with Gasteiger partial charge in [-0.1, -0.05) is 12.1 Å². The Morgan fingerprint density at radius 1 is 1.30 bits per heavy atom. The van der Waals surface area contributed by atoms with Gasteiger partial charge < -0.3 is 15.8 Å². The van der Waals surface area contributed by atoms with Crippen molar-refractivity contribution in [3.63, 3.8) is 0 Å². The van der Waals surface area contributed by atoms with E-state index in [1.54, 1.807) is 6.20 Å². The first-order valence-corrected chi connectivity index (χ1v) is 7.76. The minimum Gasteiger partial charge on any atom is -0.489 e. The van der Waals surface area contributed by atoms with Crippen LogP contribution >= 0.6 is 0 Å². The molecule has 1 amide bonds. The van der Waals surface area contributed by atoms with Crippen LogP contribution in [0.15, 0.2) is 42.6 Å². The van der Waals surface area contributed by atoms with E-state index in [0.29, 0.717) is 30.8 Å². The summed E-state index contributed by atoms with van der Waals surface area (Å²) in [6.45, 7) is 4.36. The Labute approximate surface area is 136 Å². The number of nitrogens with two attached hydrogens (primary N) is 1. The van der Waals surface area contributed by atoms with Gasteiger partial charge in [-0.3, -0.25) is 9.78 Å². The van der Waals surface area contributed by atoms with Crippen LogP contribution in [0.5, 0.6) is 5.75 Å². The number of ether oxygens (including phenoxy) is 1. The van der Waals surface area contributed by atoms with Gasteiger partial charge in [-0.25, -0.2) is 0 Å². The van der Waals surface area contributed by atoms with Crippen molar-refractivity contribution >= 4 is 11.6 Å². The second kappa shape index (κ2) is 8.17.